The van der Waals surface area contributed by atoms with Crippen molar-refractivity contribution in [2.75, 3.05) is 5.32 Å². The van der Waals surface area contributed by atoms with Gasteiger partial charge >= 0.3 is 12.2 Å². The number of urea groups is 1. The van der Waals surface area contributed by atoms with Crippen LogP contribution in [0.1, 0.15) is 24.5 Å². The molecule has 2 amide bonds. The average molecular weight is 371 g/mol. The minimum Gasteiger partial charge on any atom is -0.335 e. The van der Waals surface area contributed by atoms with Crippen LogP contribution in [0, 0.1) is 0 Å². The van der Waals surface area contributed by atoms with Gasteiger partial charge in [-0.15, -0.1) is 0 Å². The van der Waals surface area contributed by atoms with Crippen LogP contribution in [0.2, 0.25) is 5.02 Å². The first-order chi connectivity index (χ1) is 11.8. The molecule has 3 nitrogen and oxygen atoms in total. The monoisotopic (exact) mass is 370 g/mol. The van der Waals surface area contributed by atoms with Crippen molar-refractivity contribution in [2.45, 2.75) is 32.0 Å². The predicted octanol–water partition coefficient (Wildman–Crippen LogP) is 5.50. The summed E-state index contributed by atoms with van der Waals surface area (Å²) in [4.78, 5) is 12.0. The minimum absolute atomic E-state index is 0.0417. The lowest BCUT2D eigenvalue weighted by Crippen LogP contribution is -2.36. The summed E-state index contributed by atoms with van der Waals surface area (Å²) in [5, 5.41) is 5.11. The van der Waals surface area contributed by atoms with Crippen LogP contribution in [0.4, 0.5) is 23.7 Å². The van der Waals surface area contributed by atoms with E-state index in [0.717, 1.165) is 30.2 Å². The maximum atomic E-state index is 12.7. The molecule has 0 aliphatic rings. The first kappa shape index (κ1) is 19.1. The number of alkyl halides is 3. The van der Waals surface area contributed by atoms with Crippen LogP contribution in [-0.4, -0.2) is 12.1 Å². The van der Waals surface area contributed by atoms with Crippen molar-refractivity contribution in [3.05, 3.63) is 64.7 Å². The van der Waals surface area contributed by atoms with Gasteiger partial charge in [-0.2, -0.15) is 13.2 Å². The molecule has 0 aliphatic carbocycles. The van der Waals surface area contributed by atoms with Crippen molar-refractivity contribution in [1.82, 2.24) is 5.32 Å². The molecule has 0 aromatic heterocycles. The SMILES string of the molecule is C[C@@H](CCc1ccccc1)NC(=O)Nc1cc(C(F)(F)F)ccc1Cl. The summed E-state index contributed by atoms with van der Waals surface area (Å²) in [6.45, 7) is 1.83. The van der Waals surface area contributed by atoms with E-state index in [1.165, 1.54) is 0 Å². The number of nitrogens with one attached hydrogen (secondary N) is 2. The topological polar surface area (TPSA) is 41.1 Å². The minimum atomic E-state index is -4.50. The predicted molar refractivity (Wildman–Crippen MR) is 92.8 cm³/mol. The van der Waals surface area contributed by atoms with E-state index in [2.05, 4.69) is 10.6 Å². The highest BCUT2D eigenvalue weighted by atomic mass is 35.5. The Hall–Kier alpha value is -2.21. The molecule has 0 heterocycles. The maximum Gasteiger partial charge on any atom is 0.416 e. The number of halogens is 4. The van der Waals surface area contributed by atoms with Gasteiger partial charge in [0.25, 0.3) is 0 Å². The maximum absolute atomic E-state index is 12.7. The van der Waals surface area contributed by atoms with E-state index in [-0.39, 0.29) is 16.8 Å². The Morgan fingerprint density at radius 3 is 2.48 bits per heavy atom. The second-order valence-corrected chi connectivity index (χ2v) is 6.12. The molecule has 2 aromatic carbocycles. The van der Waals surface area contributed by atoms with E-state index >= 15 is 0 Å². The van der Waals surface area contributed by atoms with Crippen LogP contribution in [0.5, 0.6) is 0 Å². The number of amides is 2. The van der Waals surface area contributed by atoms with Crippen molar-refractivity contribution in [3.63, 3.8) is 0 Å². The summed E-state index contributed by atoms with van der Waals surface area (Å²) >= 11 is 5.86. The molecule has 0 aliphatic heterocycles. The van der Waals surface area contributed by atoms with E-state index < -0.39 is 17.8 Å². The van der Waals surface area contributed by atoms with Crippen molar-refractivity contribution in [1.29, 1.82) is 0 Å². The summed E-state index contributed by atoms with van der Waals surface area (Å²) in [5.74, 6) is 0. The fourth-order valence-corrected chi connectivity index (χ4v) is 2.44. The van der Waals surface area contributed by atoms with Gasteiger partial charge < -0.3 is 10.6 Å². The van der Waals surface area contributed by atoms with E-state index in [1.807, 2.05) is 37.3 Å². The van der Waals surface area contributed by atoms with Gasteiger partial charge in [0.2, 0.25) is 0 Å². The lowest BCUT2D eigenvalue weighted by atomic mass is 10.1. The van der Waals surface area contributed by atoms with Gasteiger partial charge in [-0.05, 0) is 43.5 Å². The van der Waals surface area contributed by atoms with Gasteiger partial charge in [-0.3, -0.25) is 0 Å². The standard InChI is InChI=1S/C18H18ClF3N2O/c1-12(7-8-13-5-3-2-4-6-13)23-17(25)24-16-11-14(18(20,21)22)9-10-15(16)19/h2-6,9-12H,7-8H2,1H3,(H2,23,24,25)/t12-/m0/s1. The quantitative estimate of drug-likeness (QED) is 0.716. The summed E-state index contributed by atoms with van der Waals surface area (Å²) in [7, 11) is 0. The highest BCUT2D eigenvalue weighted by Gasteiger charge is 2.31. The number of hydrogen-bond donors (Lipinski definition) is 2. The van der Waals surface area contributed by atoms with Crippen LogP contribution < -0.4 is 10.6 Å². The number of hydrogen-bond acceptors (Lipinski definition) is 1. The molecular weight excluding hydrogens is 353 g/mol. The third kappa shape index (κ3) is 5.98. The number of carbonyl (C=O) groups excluding carboxylic acids is 1. The number of benzene rings is 2. The van der Waals surface area contributed by atoms with Gasteiger partial charge in [0.1, 0.15) is 0 Å². The Bertz CT molecular complexity index is 720. The third-order valence-corrected chi connectivity index (χ3v) is 3.96. The van der Waals surface area contributed by atoms with Gasteiger partial charge in [0.15, 0.2) is 0 Å². The molecular formula is C18H18ClF3N2O. The van der Waals surface area contributed by atoms with E-state index in [4.69, 9.17) is 11.6 Å². The highest BCUT2D eigenvalue weighted by molar-refractivity contribution is 6.33. The molecule has 2 aromatic rings. The lowest BCUT2D eigenvalue weighted by Gasteiger charge is -2.16. The zero-order valence-electron chi connectivity index (χ0n) is 13.5. The molecule has 0 spiro atoms. The molecule has 0 radical (unpaired) electrons. The van der Waals surface area contributed by atoms with Crippen molar-refractivity contribution < 1.29 is 18.0 Å². The van der Waals surface area contributed by atoms with Crippen LogP contribution in [0.15, 0.2) is 48.5 Å². The first-order valence-corrected chi connectivity index (χ1v) is 8.11. The van der Waals surface area contributed by atoms with Crippen LogP contribution in [0.25, 0.3) is 0 Å². The first-order valence-electron chi connectivity index (χ1n) is 7.74. The van der Waals surface area contributed by atoms with Crippen LogP contribution in [0.3, 0.4) is 0 Å². The summed E-state index contributed by atoms with van der Waals surface area (Å²) in [5.41, 5.74) is 0.200. The molecule has 25 heavy (non-hydrogen) atoms. The molecule has 1 atom stereocenters. The Kier molecular flexibility index (Phi) is 6.31. The molecule has 0 fully saturated rings. The smallest absolute Gasteiger partial charge is 0.335 e. The molecule has 0 unspecified atom stereocenters. The fourth-order valence-electron chi connectivity index (χ4n) is 2.28. The fraction of sp³-hybridized carbons (Fsp3) is 0.278. The average Bonchev–Trinajstić information content (AvgIpc) is 2.55. The largest absolute Gasteiger partial charge is 0.416 e. The van der Waals surface area contributed by atoms with E-state index in [1.54, 1.807) is 0 Å². The zero-order chi connectivity index (χ0) is 18.4. The molecule has 7 heteroatoms. The van der Waals surface area contributed by atoms with E-state index in [0.29, 0.717) is 6.42 Å². The Balaban J connectivity index is 1.91. The zero-order valence-corrected chi connectivity index (χ0v) is 14.3. The molecule has 0 bridgehead atoms. The third-order valence-electron chi connectivity index (χ3n) is 3.63. The van der Waals surface area contributed by atoms with Gasteiger partial charge in [-0.25, -0.2) is 4.79 Å². The van der Waals surface area contributed by atoms with Gasteiger partial charge in [-0.1, -0.05) is 41.9 Å². The summed E-state index contributed by atoms with van der Waals surface area (Å²) in [6, 6.07) is 11.8. The number of aryl methyl sites for hydroxylation is 1. The molecule has 0 saturated heterocycles. The van der Waals surface area contributed by atoms with E-state index in [9.17, 15) is 18.0 Å². The molecule has 0 saturated carbocycles. The van der Waals surface area contributed by atoms with Crippen LogP contribution >= 0.6 is 11.6 Å². The number of rotatable bonds is 5. The summed E-state index contributed by atoms with van der Waals surface area (Å²) < 4.78 is 38.2. The van der Waals surface area contributed by atoms with Crippen LogP contribution in [-0.2, 0) is 12.6 Å². The second kappa shape index (κ2) is 8.25. The lowest BCUT2D eigenvalue weighted by molar-refractivity contribution is -0.137. The number of anilines is 1. The molecule has 2 rings (SSSR count). The number of carbonyl (C=O) groups is 1. The van der Waals surface area contributed by atoms with Crippen molar-refractivity contribution >= 4 is 23.3 Å². The second-order valence-electron chi connectivity index (χ2n) is 5.72. The Labute approximate surface area is 149 Å². The Morgan fingerprint density at radius 1 is 1.16 bits per heavy atom. The molecule has 2 N–H and O–H groups in total. The van der Waals surface area contributed by atoms with Crippen molar-refractivity contribution in [2.24, 2.45) is 0 Å². The Morgan fingerprint density at radius 2 is 1.84 bits per heavy atom. The van der Waals surface area contributed by atoms with Gasteiger partial charge in [0.05, 0.1) is 16.3 Å². The van der Waals surface area contributed by atoms with Gasteiger partial charge in [0, 0.05) is 6.04 Å². The van der Waals surface area contributed by atoms with Crippen molar-refractivity contribution in [3.8, 4) is 0 Å². The molecule has 134 valence electrons. The highest BCUT2D eigenvalue weighted by Crippen LogP contribution is 2.33. The summed E-state index contributed by atoms with van der Waals surface area (Å²) in [6.07, 6.45) is -3.01. The normalized spacial score (nSPS) is 12.5.